The van der Waals surface area contributed by atoms with Crippen LogP contribution in [-0.2, 0) is 0 Å². The van der Waals surface area contributed by atoms with E-state index in [1.54, 1.807) is 0 Å². The van der Waals surface area contributed by atoms with Crippen LogP contribution in [0.1, 0.15) is 18.2 Å². The number of thiophene rings is 1. The third kappa shape index (κ3) is 2.75. The van der Waals surface area contributed by atoms with Gasteiger partial charge >= 0.3 is 0 Å². The smallest absolute Gasteiger partial charge is 0.0505 e. The molecule has 1 aromatic rings. The third-order valence-electron chi connectivity index (χ3n) is 3.04. The van der Waals surface area contributed by atoms with Gasteiger partial charge in [-0.3, -0.25) is 5.43 Å². The molecule has 1 aliphatic rings. The van der Waals surface area contributed by atoms with E-state index in [2.05, 4.69) is 40.6 Å². The van der Waals surface area contributed by atoms with E-state index in [9.17, 15) is 0 Å². The van der Waals surface area contributed by atoms with Crippen LogP contribution in [0.3, 0.4) is 0 Å². The van der Waals surface area contributed by atoms with Gasteiger partial charge in [0.1, 0.15) is 0 Å². The fourth-order valence-corrected chi connectivity index (χ4v) is 2.80. The first kappa shape index (κ1) is 11.9. The Balaban J connectivity index is 1.83. The zero-order valence-corrected chi connectivity index (χ0v) is 11.0. The Morgan fingerprint density at radius 1 is 1.31 bits per heavy atom. The molecule has 2 rings (SSSR count). The fraction of sp³-hybridized carbons (Fsp3) is 0.667. The molecule has 16 heavy (non-hydrogen) atoms. The van der Waals surface area contributed by atoms with Crippen molar-refractivity contribution in [3.8, 4) is 0 Å². The van der Waals surface area contributed by atoms with Gasteiger partial charge in [0.25, 0.3) is 0 Å². The van der Waals surface area contributed by atoms with Gasteiger partial charge in [0.15, 0.2) is 0 Å². The number of anilines is 1. The minimum atomic E-state index is 1.09. The molecule has 0 amide bonds. The second kappa shape index (κ2) is 5.66. The van der Waals surface area contributed by atoms with Gasteiger partial charge < -0.3 is 4.90 Å². The van der Waals surface area contributed by atoms with Gasteiger partial charge in [0.05, 0.1) is 5.69 Å². The lowest BCUT2D eigenvalue weighted by Gasteiger charge is -2.36. The van der Waals surface area contributed by atoms with Crippen LogP contribution in [0, 0.1) is 6.92 Å². The molecule has 1 fully saturated rings. The maximum absolute atomic E-state index is 3.46. The number of nitrogens with zero attached hydrogens (tertiary/aromatic N) is 2. The fourth-order valence-electron chi connectivity index (χ4n) is 2.08. The van der Waals surface area contributed by atoms with Crippen LogP contribution in [-0.4, -0.2) is 37.7 Å². The first-order chi connectivity index (χ1) is 7.81. The largest absolute Gasteiger partial charge is 0.368 e. The lowest BCUT2D eigenvalue weighted by molar-refractivity contribution is 0.177. The Labute approximate surface area is 102 Å². The lowest BCUT2D eigenvalue weighted by Crippen LogP contribution is -2.52. The van der Waals surface area contributed by atoms with E-state index in [0.717, 1.165) is 32.7 Å². The van der Waals surface area contributed by atoms with Crippen LogP contribution in [0.2, 0.25) is 0 Å². The highest BCUT2D eigenvalue weighted by Crippen LogP contribution is 2.25. The van der Waals surface area contributed by atoms with Crippen molar-refractivity contribution in [3.63, 3.8) is 0 Å². The van der Waals surface area contributed by atoms with Crippen LogP contribution in [0.15, 0.2) is 11.4 Å². The number of nitrogens with one attached hydrogen (secondary N) is 1. The molecule has 2 heterocycles. The average Bonchev–Trinajstić information content (AvgIpc) is 2.74. The first-order valence-electron chi connectivity index (χ1n) is 6.08. The van der Waals surface area contributed by atoms with Crippen molar-refractivity contribution in [3.05, 3.63) is 16.3 Å². The molecule has 0 bridgehead atoms. The van der Waals surface area contributed by atoms with Gasteiger partial charge in [-0.05, 0) is 24.8 Å². The molecule has 0 spiro atoms. The average molecular weight is 239 g/mol. The molecule has 0 saturated carbocycles. The highest BCUT2D eigenvalue weighted by molar-refractivity contribution is 7.10. The molecule has 3 nitrogen and oxygen atoms in total. The molecular formula is C12H21N3S. The Kier molecular flexibility index (Phi) is 4.21. The first-order valence-corrected chi connectivity index (χ1v) is 6.96. The number of rotatable bonds is 4. The molecule has 1 saturated heterocycles. The van der Waals surface area contributed by atoms with E-state index in [1.165, 1.54) is 17.0 Å². The summed E-state index contributed by atoms with van der Waals surface area (Å²) >= 11 is 1.84. The van der Waals surface area contributed by atoms with Gasteiger partial charge in [-0.15, -0.1) is 11.3 Å². The molecule has 0 aromatic carbocycles. The minimum Gasteiger partial charge on any atom is -0.368 e. The predicted octanol–water partition coefficient (Wildman–Crippen LogP) is 2.09. The highest BCUT2D eigenvalue weighted by Gasteiger charge is 2.17. The monoisotopic (exact) mass is 239 g/mol. The zero-order valence-electron chi connectivity index (χ0n) is 10.2. The highest BCUT2D eigenvalue weighted by atomic mass is 32.1. The van der Waals surface area contributed by atoms with E-state index in [0.29, 0.717) is 0 Å². The second-order valence-electron chi connectivity index (χ2n) is 4.24. The molecule has 1 aromatic heterocycles. The molecule has 0 atom stereocenters. The summed E-state index contributed by atoms with van der Waals surface area (Å²) in [5.41, 5.74) is 4.89. The Morgan fingerprint density at radius 2 is 2.06 bits per heavy atom. The minimum absolute atomic E-state index is 1.09. The normalized spacial score (nSPS) is 18.0. The molecule has 1 aliphatic heterocycles. The molecule has 4 heteroatoms. The predicted molar refractivity (Wildman–Crippen MR) is 71.1 cm³/mol. The van der Waals surface area contributed by atoms with Crippen molar-refractivity contribution >= 4 is 17.0 Å². The van der Waals surface area contributed by atoms with Gasteiger partial charge in [-0.25, -0.2) is 5.01 Å². The van der Waals surface area contributed by atoms with E-state index in [-0.39, 0.29) is 0 Å². The summed E-state index contributed by atoms with van der Waals surface area (Å²) in [6, 6.07) is 2.25. The van der Waals surface area contributed by atoms with E-state index < -0.39 is 0 Å². The third-order valence-corrected chi connectivity index (χ3v) is 3.87. The van der Waals surface area contributed by atoms with Gasteiger partial charge in [-0.1, -0.05) is 6.92 Å². The summed E-state index contributed by atoms with van der Waals surface area (Å²) in [7, 11) is 0. The maximum atomic E-state index is 3.46. The Morgan fingerprint density at radius 3 is 2.62 bits per heavy atom. The van der Waals surface area contributed by atoms with Gasteiger partial charge in [0.2, 0.25) is 0 Å². The molecular weight excluding hydrogens is 218 g/mol. The van der Waals surface area contributed by atoms with Crippen molar-refractivity contribution in [2.75, 3.05) is 37.6 Å². The molecule has 1 N–H and O–H groups in total. The maximum Gasteiger partial charge on any atom is 0.0505 e. The SMILES string of the molecule is CCCNN1CCN(c2ccsc2C)CC1. The van der Waals surface area contributed by atoms with Gasteiger partial charge in [-0.2, -0.15) is 0 Å². The second-order valence-corrected chi connectivity index (χ2v) is 5.36. The summed E-state index contributed by atoms with van der Waals surface area (Å²) in [6.07, 6.45) is 1.20. The van der Waals surface area contributed by atoms with Crippen molar-refractivity contribution < 1.29 is 0 Å². The summed E-state index contributed by atoms with van der Waals surface area (Å²) in [6.45, 7) is 10.0. The standard InChI is InChI=1S/C12H21N3S/c1-3-5-13-15-8-6-14(7-9-15)12-4-10-16-11(12)2/h4,10,13H,3,5-9H2,1-2H3. The lowest BCUT2D eigenvalue weighted by atomic mass is 10.3. The van der Waals surface area contributed by atoms with E-state index in [1.807, 2.05) is 11.3 Å². The number of hydrazine groups is 1. The van der Waals surface area contributed by atoms with Crippen LogP contribution in [0.4, 0.5) is 5.69 Å². The van der Waals surface area contributed by atoms with Crippen molar-refractivity contribution in [1.29, 1.82) is 0 Å². The Bertz CT molecular complexity index is 316. The Hall–Kier alpha value is -0.580. The van der Waals surface area contributed by atoms with E-state index >= 15 is 0 Å². The van der Waals surface area contributed by atoms with Crippen molar-refractivity contribution in [2.45, 2.75) is 20.3 Å². The quantitative estimate of drug-likeness (QED) is 0.868. The number of aryl methyl sites for hydroxylation is 1. The van der Waals surface area contributed by atoms with Crippen LogP contribution >= 0.6 is 11.3 Å². The number of hydrogen-bond acceptors (Lipinski definition) is 4. The summed E-state index contributed by atoms with van der Waals surface area (Å²) in [4.78, 5) is 3.94. The summed E-state index contributed by atoms with van der Waals surface area (Å²) in [5, 5.41) is 4.54. The summed E-state index contributed by atoms with van der Waals surface area (Å²) in [5.74, 6) is 0. The number of piperazine rings is 1. The molecule has 0 unspecified atom stereocenters. The van der Waals surface area contributed by atoms with Crippen molar-refractivity contribution in [2.24, 2.45) is 0 Å². The van der Waals surface area contributed by atoms with Gasteiger partial charge in [0, 0.05) is 37.6 Å². The van der Waals surface area contributed by atoms with E-state index in [4.69, 9.17) is 0 Å². The van der Waals surface area contributed by atoms with Crippen molar-refractivity contribution in [1.82, 2.24) is 10.4 Å². The topological polar surface area (TPSA) is 18.5 Å². The number of hydrogen-bond donors (Lipinski definition) is 1. The van der Waals surface area contributed by atoms with Crippen LogP contribution < -0.4 is 10.3 Å². The molecule has 90 valence electrons. The molecule has 0 radical (unpaired) electrons. The van der Waals surface area contributed by atoms with Crippen LogP contribution in [0.25, 0.3) is 0 Å². The summed E-state index contributed by atoms with van der Waals surface area (Å²) < 4.78 is 0. The molecule has 0 aliphatic carbocycles. The van der Waals surface area contributed by atoms with Crippen LogP contribution in [0.5, 0.6) is 0 Å². The zero-order chi connectivity index (χ0) is 11.4.